The molecule has 0 aromatic rings. The third-order valence-corrected chi connectivity index (χ3v) is 3.45. The van der Waals surface area contributed by atoms with Crippen LogP contribution in [0.5, 0.6) is 0 Å². The topological polar surface area (TPSA) is 62.1 Å². The fraction of sp³-hybridized carbons (Fsp3) is 0.800. The number of fused-ring (bicyclic) bond motifs is 1. The predicted molar refractivity (Wildman–Crippen MR) is 49.4 cm³/mol. The minimum absolute atomic E-state index is 0.0559. The van der Waals surface area contributed by atoms with E-state index in [4.69, 9.17) is 10.00 Å². The first-order chi connectivity index (χ1) is 6.68. The van der Waals surface area contributed by atoms with Gasteiger partial charge in [-0.05, 0) is 19.8 Å². The molecule has 0 aromatic carbocycles. The lowest BCUT2D eigenvalue weighted by atomic mass is 9.80. The summed E-state index contributed by atoms with van der Waals surface area (Å²) in [7, 11) is 0. The maximum Gasteiger partial charge on any atom is 0.407 e. The number of hydrogen-bond donors (Lipinski definition) is 1. The normalized spacial score (nSPS) is 40.7. The van der Waals surface area contributed by atoms with Crippen molar-refractivity contribution in [2.45, 2.75) is 44.2 Å². The van der Waals surface area contributed by atoms with Crippen LogP contribution >= 0.6 is 0 Å². The van der Waals surface area contributed by atoms with E-state index in [1.54, 1.807) is 0 Å². The van der Waals surface area contributed by atoms with Crippen molar-refractivity contribution in [1.82, 2.24) is 5.32 Å². The molecular weight excluding hydrogens is 180 g/mol. The highest BCUT2D eigenvalue weighted by Gasteiger charge is 2.50. The van der Waals surface area contributed by atoms with Crippen LogP contribution in [-0.4, -0.2) is 17.7 Å². The van der Waals surface area contributed by atoms with E-state index in [9.17, 15) is 4.79 Å². The molecule has 2 rings (SSSR count). The van der Waals surface area contributed by atoms with E-state index < -0.39 is 0 Å². The van der Waals surface area contributed by atoms with Crippen molar-refractivity contribution in [2.75, 3.05) is 0 Å². The zero-order valence-corrected chi connectivity index (χ0v) is 8.25. The molecule has 1 heterocycles. The molecule has 1 aliphatic carbocycles. The highest BCUT2D eigenvalue weighted by Crippen LogP contribution is 2.43. The van der Waals surface area contributed by atoms with Gasteiger partial charge in [-0.25, -0.2) is 4.79 Å². The second-order valence-electron chi connectivity index (χ2n) is 4.23. The molecule has 1 N–H and O–H groups in total. The van der Waals surface area contributed by atoms with Gasteiger partial charge in [0.2, 0.25) is 0 Å². The summed E-state index contributed by atoms with van der Waals surface area (Å²) in [5.41, 5.74) is -0.302. The van der Waals surface area contributed by atoms with Crippen molar-refractivity contribution in [1.29, 1.82) is 5.26 Å². The van der Waals surface area contributed by atoms with Crippen molar-refractivity contribution in [2.24, 2.45) is 5.92 Å². The molecule has 4 heteroatoms. The number of alkyl carbamates (subject to hydrolysis) is 1. The number of cyclic esters (lactones) is 1. The van der Waals surface area contributed by atoms with Crippen molar-refractivity contribution in [3.05, 3.63) is 0 Å². The first kappa shape index (κ1) is 9.32. The van der Waals surface area contributed by atoms with Gasteiger partial charge in [0.05, 0.1) is 18.0 Å². The highest BCUT2D eigenvalue weighted by molar-refractivity contribution is 5.70. The molecule has 0 aromatic heterocycles. The Bertz CT molecular complexity index is 297. The van der Waals surface area contributed by atoms with Gasteiger partial charge in [0.1, 0.15) is 6.10 Å². The second kappa shape index (κ2) is 3.16. The van der Waals surface area contributed by atoms with Crippen LogP contribution in [0.15, 0.2) is 0 Å². The van der Waals surface area contributed by atoms with Gasteiger partial charge in [-0.15, -0.1) is 0 Å². The van der Waals surface area contributed by atoms with Crippen molar-refractivity contribution in [3.8, 4) is 6.07 Å². The Hall–Kier alpha value is -1.24. The lowest BCUT2D eigenvalue weighted by Gasteiger charge is -2.41. The van der Waals surface area contributed by atoms with Crippen LogP contribution in [0.2, 0.25) is 0 Å². The van der Waals surface area contributed by atoms with Crippen LogP contribution in [0.4, 0.5) is 4.79 Å². The summed E-state index contributed by atoms with van der Waals surface area (Å²) < 4.78 is 5.11. The van der Waals surface area contributed by atoms with Gasteiger partial charge in [-0.3, -0.25) is 0 Å². The smallest absolute Gasteiger partial charge is 0.407 e. The van der Waals surface area contributed by atoms with Crippen molar-refractivity contribution in [3.63, 3.8) is 0 Å². The summed E-state index contributed by atoms with van der Waals surface area (Å²) in [5.74, 6) is 0.305. The Balaban J connectivity index is 2.26. The molecule has 1 aliphatic heterocycles. The van der Waals surface area contributed by atoms with E-state index in [0.29, 0.717) is 12.3 Å². The maximum absolute atomic E-state index is 11.3. The van der Waals surface area contributed by atoms with Gasteiger partial charge in [0.15, 0.2) is 0 Å². The van der Waals surface area contributed by atoms with Gasteiger partial charge in [-0.1, -0.05) is 6.42 Å². The minimum atomic E-state index is -0.370. The average Bonchev–Trinajstić information content (AvgIpc) is 2.48. The molecule has 0 spiro atoms. The first-order valence-electron chi connectivity index (χ1n) is 5.04. The summed E-state index contributed by atoms with van der Waals surface area (Å²) in [4.78, 5) is 11.3. The number of rotatable bonds is 1. The third-order valence-electron chi connectivity index (χ3n) is 3.45. The summed E-state index contributed by atoms with van der Waals surface area (Å²) in [6.07, 6.45) is 3.00. The molecule has 0 bridgehead atoms. The van der Waals surface area contributed by atoms with E-state index in [2.05, 4.69) is 11.4 Å². The van der Waals surface area contributed by atoms with E-state index in [-0.39, 0.29) is 17.7 Å². The zero-order valence-electron chi connectivity index (χ0n) is 8.25. The van der Waals surface area contributed by atoms with Gasteiger partial charge < -0.3 is 10.1 Å². The quantitative estimate of drug-likeness (QED) is 0.689. The number of carbonyl (C=O) groups is 1. The zero-order chi connectivity index (χ0) is 10.2. The molecule has 0 radical (unpaired) electrons. The molecule has 1 amide bonds. The number of nitrogens with zero attached hydrogens (tertiary/aromatic N) is 1. The van der Waals surface area contributed by atoms with Gasteiger partial charge in [-0.2, -0.15) is 5.26 Å². The Morgan fingerprint density at radius 2 is 2.57 bits per heavy atom. The van der Waals surface area contributed by atoms with Gasteiger partial charge >= 0.3 is 6.09 Å². The molecule has 76 valence electrons. The maximum atomic E-state index is 11.3. The largest absolute Gasteiger partial charge is 0.446 e. The molecule has 4 nitrogen and oxygen atoms in total. The van der Waals surface area contributed by atoms with Gasteiger partial charge in [0, 0.05) is 5.92 Å². The summed E-state index contributed by atoms with van der Waals surface area (Å²) in [6, 6.07) is 2.17. The second-order valence-corrected chi connectivity index (χ2v) is 4.23. The van der Waals surface area contributed by atoms with E-state index in [1.165, 1.54) is 0 Å². The van der Waals surface area contributed by atoms with Crippen LogP contribution in [-0.2, 0) is 4.74 Å². The van der Waals surface area contributed by atoms with E-state index in [1.807, 2.05) is 6.92 Å². The lowest BCUT2D eigenvalue weighted by molar-refractivity contribution is 0.00404. The standard InChI is InChI=1S/C10H14N2O2/c1-7-8-3-2-4-10(8,5-6-11)12-9(13)14-7/h7-8H,2-5H2,1H3,(H,12,13)/t7-,8-,10+/m1/s1. The van der Waals surface area contributed by atoms with E-state index >= 15 is 0 Å². The van der Waals surface area contributed by atoms with Crippen molar-refractivity contribution >= 4 is 6.09 Å². The van der Waals surface area contributed by atoms with Gasteiger partial charge in [0.25, 0.3) is 0 Å². The molecule has 1 saturated carbocycles. The molecule has 2 fully saturated rings. The number of ether oxygens (including phenoxy) is 1. The highest BCUT2D eigenvalue weighted by atomic mass is 16.6. The fourth-order valence-corrected chi connectivity index (χ4v) is 2.83. The number of nitrogens with one attached hydrogen (secondary N) is 1. The van der Waals surface area contributed by atoms with Crippen LogP contribution in [0, 0.1) is 17.2 Å². The number of carbonyl (C=O) groups excluding carboxylic acids is 1. The Kier molecular flexibility index (Phi) is 2.10. The molecule has 1 saturated heterocycles. The number of hydrogen-bond acceptors (Lipinski definition) is 3. The van der Waals surface area contributed by atoms with E-state index in [0.717, 1.165) is 19.3 Å². The predicted octanol–water partition coefficient (Wildman–Crippen LogP) is 1.57. The Labute approximate surface area is 83.2 Å². The fourth-order valence-electron chi connectivity index (χ4n) is 2.83. The molecule has 14 heavy (non-hydrogen) atoms. The Morgan fingerprint density at radius 1 is 1.79 bits per heavy atom. The molecular formula is C10H14N2O2. The first-order valence-corrected chi connectivity index (χ1v) is 5.04. The Morgan fingerprint density at radius 3 is 3.29 bits per heavy atom. The van der Waals surface area contributed by atoms with Crippen LogP contribution in [0.1, 0.15) is 32.6 Å². The average molecular weight is 194 g/mol. The van der Waals surface area contributed by atoms with Crippen molar-refractivity contribution < 1.29 is 9.53 Å². The third kappa shape index (κ3) is 1.24. The lowest BCUT2D eigenvalue weighted by Crippen LogP contribution is -2.59. The van der Waals surface area contributed by atoms with Crippen LogP contribution in [0.3, 0.4) is 0 Å². The number of nitriles is 1. The summed E-state index contributed by atoms with van der Waals surface area (Å²) in [6.45, 7) is 1.92. The molecule has 0 unspecified atom stereocenters. The summed E-state index contributed by atoms with van der Waals surface area (Å²) >= 11 is 0. The minimum Gasteiger partial charge on any atom is -0.446 e. The molecule has 3 atom stereocenters. The van der Waals surface area contributed by atoms with Crippen LogP contribution < -0.4 is 5.32 Å². The van der Waals surface area contributed by atoms with Crippen LogP contribution in [0.25, 0.3) is 0 Å². The number of amides is 1. The monoisotopic (exact) mass is 194 g/mol. The molecule has 2 aliphatic rings. The SMILES string of the molecule is C[C@H]1OC(=O)N[C@]2(CC#N)CCC[C@H]12. The summed E-state index contributed by atoms with van der Waals surface area (Å²) in [5, 5.41) is 11.6.